The zero-order valence-corrected chi connectivity index (χ0v) is 11.8. The Kier molecular flexibility index (Phi) is 4.94. The Labute approximate surface area is 103 Å². The van der Waals surface area contributed by atoms with Crippen LogP contribution in [0.1, 0.15) is 25.7 Å². The van der Waals surface area contributed by atoms with Gasteiger partial charge in [-0.3, -0.25) is 0 Å². The second-order valence-electron chi connectivity index (χ2n) is 4.73. The fraction of sp³-hybridized carbons (Fsp3) is 1.00. The second kappa shape index (κ2) is 5.64. The van der Waals surface area contributed by atoms with Crippen molar-refractivity contribution in [1.82, 2.24) is 9.44 Å². The summed E-state index contributed by atoms with van der Waals surface area (Å²) in [5.74, 6) is 0.308. The predicted octanol–water partition coefficient (Wildman–Crippen LogP) is -0.356. The topological polar surface area (TPSA) is 92.3 Å². The Morgan fingerprint density at radius 3 is 1.88 bits per heavy atom. The highest BCUT2D eigenvalue weighted by Crippen LogP contribution is 2.24. The van der Waals surface area contributed by atoms with Gasteiger partial charge in [0.05, 0.1) is 12.5 Å². The van der Waals surface area contributed by atoms with Gasteiger partial charge in [0.2, 0.25) is 20.0 Å². The highest BCUT2D eigenvalue weighted by atomic mass is 32.2. The van der Waals surface area contributed by atoms with Crippen molar-refractivity contribution in [3.05, 3.63) is 0 Å². The lowest BCUT2D eigenvalue weighted by Gasteiger charge is -2.28. The minimum atomic E-state index is -3.14. The summed E-state index contributed by atoms with van der Waals surface area (Å²) in [6, 6.07) is -0.000478. The Morgan fingerprint density at radius 1 is 0.941 bits per heavy atom. The van der Waals surface area contributed by atoms with Gasteiger partial charge in [-0.25, -0.2) is 26.3 Å². The first-order valence-electron chi connectivity index (χ1n) is 5.57. The lowest BCUT2D eigenvalue weighted by atomic mass is 9.87. The average molecular weight is 284 g/mol. The molecule has 17 heavy (non-hydrogen) atoms. The van der Waals surface area contributed by atoms with Crippen molar-refractivity contribution in [2.75, 3.05) is 19.1 Å². The summed E-state index contributed by atoms with van der Waals surface area (Å²) in [7, 11) is -6.27. The fourth-order valence-electron chi connectivity index (χ4n) is 2.06. The summed E-state index contributed by atoms with van der Waals surface area (Å²) in [6.07, 6.45) is 5.52. The van der Waals surface area contributed by atoms with E-state index in [1.807, 2.05) is 0 Å². The van der Waals surface area contributed by atoms with E-state index in [1.165, 1.54) is 0 Å². The van der Waals surface area contributed by atoms with E-state index in [0.717, 1.165) is 38.2 Å². The molecule has 1 fully saturated rings. The molecule has 0 radical (unpaired) electrons. The van der Waals surface area contributed by atoms with E-state index in [0.29, 0.717) is 12.5 Å². The maximum atomic E-state index is 11.0. The zero-order chi connectivity index (χ0) is 13.1. The molecule has 0 amide bonds. The summed E-state index contributed by atoms with van der Waals surface area (Å²) in [6.45, 7) is 0.449. The van der Waals surface area contributed by atoms with Crippen LogP contribution in [0.4, 0.5) is 0 Å². The lowest BCUT2D eigenvalue weighted by Crippen LogP contribution is -2.39. The monoisotopic (exact) mass is 284 g/mol. The largest absolute Gasteiger partial charge is 0.215 e. The van der Waals surface area contributed by atoms with Crippen LogP contribution in [0.2, 0.25) is 0 Å². The van der Waals surface area contributed by atoms with Gasteiger partial charge in [-0.2, -0.15) is 0 Å². The number of rotatable bonds is 5. The third-order valence-corrected chi connectivity index (χ3v) is 4.31. The smallest absolute Gasteiger partial charge is 0.208 e. The van der Waals surface area contributed by atoms with Crippen molar-refractivity contribution in [3.63, 3.8) is 0 Å². The third-order valence-electron chi connectivity index (χ3n) is 2.86. The third kappa shape index (κ3) is 6.97. The summed E-state index contributed by atoms with van der Waals surface area (Å²) >= 11 is 0. The Balaban J connectivity index is 2.31. The molecule has 6 nitrogen and oxygen atoms in total. The first kappa shape index (κ1) is 14.9. The number of nitrogens with one attached hydrogen (secondary N) is 2. The van der Waals surface area contributed by atoms with Gasteiger partial charge in [-0.05, 0) is 31.6 Å². The molecular formula is C9H20N2O4S2. The van der Waals surface area contributed by atoms with Crippen molar-refractivity contribution >= 4 is 20.0 Å². The van der Waals surface area contributed by atoms with Gasteiger partial charge in [-0.1, -0.05) is 0 Å². The Hall–Kier alpha value is -0.180. The maximum absolute atomic E-state index is 11.0. The van der Waals surface area contributed by atoms with Gasteiger partial charge in [0.25, 0.3) is 0 Å². The highest BCUT2D eigenvalue weighted by molar-refractivity contribution is 7.89. The summed E-state index contributed by atoms with van der Waals surface area (Å²) < 4.78 is 49.0. The summed E-state index contributed by atoms with van der Waals surface area (Å²) in [4.78, 5) is 0. The van der Waals surface area contributed by atoms with E-state index in [-0.39, 0.29) is 6.04 Å². The molecule has 1 aliphatic carbocycles. The molecule has 0 aromatic heterocycles. The summed E-state index contributed by atoms with van der Waals surface area (Å²) in [5, 5.41) is 0. The molecule has 0 unspecified atom stereocenters. The molecule has 0 atom stereocenters. The van der Waals surface area contributed by atoms with Crippen molar-refractivity contribution in [1.29, 1.82) is 0 Å². The quantitative estimate of drug-likeness (QED) is 0.721. The Bertz CT molecular complexity index is 436. The number of sulfonamides is 2. The van der Waals surface area contributed by atoms with Crippen LogP contribution < -0.4 is 9.44 Å². The molecule has 0 aromatic carbocycles. The molecule has 0 spiro atoms. The van der Waals surface area contributed by atoms with E-state index in [2.05, 4.69) is 9.44 Å². The molecule has 0 aromatic rings. The zero-order valence-electron chi connectivity index (χ0n) is 10.1. The van der Waals surface area contributed by atoms with E-state index in [4.69, 9.17) is 0 Å². The molecule has 0 heterocycles. The lowest BCUT2D eigenvalue weighted by molar-refractivity contribution is 0.313. The normalized spacial score (nSPS) is 26.9. The molecular weight excluding hydrogens is 264 g/mol. The molecule has 1 saturated carbocycles. The van der Waals surface area contributed by atoms with Gasteiger partial charge >= 0.3 is 0 Å². The predicted molar refractivity (Wildman–Crippen MR) is 66.6 cm³/mol. The van der Waals surface area contributed by atoms with Crippen LogP contribution in [0, 0.1) is 5.92 Å². The van der Waals surface area contributed by atoms with Gasteiger partial charge in [-0.15, -0.1) is 0 Å². The van der Waals surface area contributed by atoms with E-state index < -0.39 is 20.0 Å². The van der Waals surface area contributed by atoms with Crippen molar-refractivity contribution < 1.29 is 16.8 Å². The highest BCUT2D eigenvalue weighted by Gasteiger charge is 2.23. The average Bonchev–Trinajstić information content (AvgIpc) is 2.13. The van der Waals surface area contributed by atoms with Crippen LogP contribution in [0.25, 0.3) is 0 Å². The molecule has 8 heteroatoms. The van der Waals surface area contributed by atoms with Crippen molar-refractivity contribution in [3.8, 4) is 0 Å². The van der Waals surface area contributed by atoms with Crippen LogP contribution in [0.15, 0.2) is 0 Å². The minimum absolute atomic E-state index is 0.000478. The molecule has 1 aliphatic rings. The van der Waals surface area contributed by atoms with Crippen LogP contribution in [0.5, 0.6) is 0 Å². The Morgan fingerprint density at radius 2 is 1.47 bits per heavy atom. The van der Waals surface area contributed by atoms with Crippen LogP contribution in [-0.2, 0) is 20.0 Å². The standard InChI is InChI=1S/C9H20N2O4S2/c1-16(12,13)10-7-8-3-5-9(6-4-8)11-17(2,14)15/h8-11H,3-7H2,1-2H3. The summed E-state index contributed by atoms with van der Waals surface area (Å²) in [5.41, 5.74) is 0. The SMILES string of the molecule is CS(=O)(=O)NCC1CCC(NS(C)(=O)=O)CC1. The van der Waals surface area contributed by atoms with E-state index in [9.17, 15) is 16.8 Å². The first-order valence-corrected chi connectivity index (χ1v) is 9.36. The van der Waals surface area contributed by atoms with Gasteiger partial charge in [0.1, 0.15) is 0 Å². The van der Waals surface area contributed by atoms with Crippen LogP contribution in [-0.4, -0.2) is 41.9 Å². The van der Waals surface area contributed by atoms with E-state index >= 15 is 0 Å². The van der Waals surface area contributed by atoms with E-state index in [1.54, 1.807) is 0 Å². The number of hydrogen-bond donors (Lipinski definition) is 2. The maximum Gasteiger partial charge on any atom is 0.208 e. The second-order valence-corrected chi connectivity index (χ2v) is 8.34. The van der Waals surface area contributed by atoms with Crippen molar-refractivity contribution in [2.45, 2.75) is 31.7 Å². The van der Waals surface area contributed by atoms with Gasteiger partial charge in [0, 0.05) is 12.6 Å². The number of hydrogen-bond acceptors (Lipinski definition) is 4. The molecule has 0 aliphatic heterocycles. The van der Waals surface area contributed by atoms with Gasteiger partial charge in [0.15, 0.2) is 0 Å². The minimum Gasteiger partial charge on any atom is -0.215 e. The van der Waals surface area contributed by atoms with Crippen molar-refractivity contribution in [2.24, 2.45) is 5.92 Å². The molecule has 1 rings (SSSR count). The molecule has 0 saturated heterocycles. The fourth-order valence-corrected chi connectivity index (χ4v) is 3.44. The van der Waals surface area contributed by atoms with Crippen LogP contribution in [0.3, 0.4) is 0 Å². The molecule has 0 bridgehead atoms. The molecule has 2 N–H and O–H groups in total. The van der Waals surface area contributed by atoms with Crippen LogP contribution >= 0.6 is 0 Å². The molecule has 102 valence electrons. The van der Waals surface area contributed by atoms with Gasteiger partial charge < -0.3 is 0 Å². The first-order chi connectivity index (χ1) is 7.66.